The predicted molar refractivity (Wildman–Crippen MR) is 90.3 cm³/mol. The van der Waals surface area contributed by atoms with Crippen LogP contribution in [0.2, 0.25) is 0 Å². The van der Waals surface area contributed by atoms with Crippen molar-refractivity contribution in [1.29, 1.82) is 0 Å². The lowest BCUT2D eigenvalue weighted by molar-refractivity contribution is 0.196. The highest BCUT2D eigenvalue weighted by molar-refractivity contribution is 7.90. The summed E-state index contributed by atoms with van der Waals surface area (Å²) in [5, 5.41) is 3.44. The number of thiophene rings is 1. The van der Waals surface area contributed by atoms with Crippen molar-refractivity contribution in [1.82, 2.24) is 4.72 Å². The SMILES string of the molecule is CC(C)S(=O)(=O)NCC(C)(F)c1ccc(-c2ccsc2)cc1. The molecule has 1 heterocycles. The number of benzene rings is 1. The molecule has 0 saturated carbocycles. The van der Waals surface area contributed by atoms with Gasteiger partial charge in [0.15, 0.2) is 0 Å². The summed E-state index contributed by atoms with van der Waals surface area (Å²) < 4.78 is 40.6. The van der Waals surface area contributed by atoms with Crippen molar-refractivity contribution in [2.24, 2.45) is 0 Å². The summed E-state index contributed by atoms with van der Waals surface area (Å²) in [5.41, 5.74) is 0.814. The molecule has 0 bridgehead atoms. The number of hydrogen-bond acceptors (Lipinski definition) is 3. The first-order valence-corrected chi connectivity index (χ1v) is 9.52. The number of rotatable bonds is 6. The number of nitrogens with one attached hydrogen (secondary N) is 1. The van der Waals surface area contributed by atoms with Crippen molar-refractivity contribution in [2.75, 3.05) is 6.54 Å². The standard InChI is InChI=1S/C16H20FNO2S2/c1-12(2)22(19,20)18-11-16(3,17)15-6-4-13(5-7-15)14-8-9-21-10-14/h4-10,12,18H,11H2,1-3H3. The molecule has 1 N–H and O–H groups in total. The quantitative estimate of drug-likeness (QED) is 0.865. The van der Waals surface area contributed by atoms with E-state index in [9.17, 15) is 12.8 Å². The van der Waals surface area contributed by atoms with Gasteiger partial charge in [-0.3, -0.25) is 0 Å². The molecule has 0 spiro atoms. The molecule has 1 atom stereocenters. The van der Waals surface area contributed by atoms with Crippen LogP contribution in [0, 0.1) is 0 Å². The van der Waals surface area contributed by atoms with Crippen LogP contribution in [0.15, 0.2) is 41.1 Å². The van der Waals surface area contributed by atoms with E-state index in [0.29, 0.717) is 5.56 Å². The minimum Gasteiger partial charge on any atom is -0.238 e. The van der Waals surface area contributed by atoms with Crippen molar-refractivity contribution < 1.29 is 12.8 Å². The van der Waals surface area contributed by atoms with E-state index in [2.05, 4.69) is 4.72 Å². The Morgan fingerprint density at radius 1 is 1.18 bits per heavy atom. The molecule has 0 fully saturated rings. The van der Waals surface area contributed by atoms with Crippen molar-refractivity contribution in [3.05, 3.63) is 46.7 Å². The van der Waals surface area contributed by atoms with Gasteiger partial charge in [-0.2, -0.15) is 11.3 Å². The molecule has 0 saturated heterocycles. The van der Waals surface area contributed by atoms with E-state index in [4.69, 9.17) is 0 Å². The third kappa shape index (κ3) is 3.94. The van der Waals surface area contributed by atoms with Gasteiger partial charge in [0.1, 0.15) is 5.67 Å². The van der Waals surface area contributed by atoms with Crippen LogP contribution in [0.3, 0.4) is 0 Å². The molecule has 120 valence electrons. The van der Waals surface area contributed by atoms with E-state index < -0.39 is 20.9 Å². The third-order valence-corrected chi connectivity index (χ3v) is 6.04. The summed E-state index contributed by atoms with van der Waals surface area (Å²) in [4.78, 5) is 0. The highest BCUT2D eigenvalue weighted by atomic mass is 32.2. The van der Waals surface area contributed by atoms with E-state index >= 15 is 0 Å². The Balaban J connectivity index is 2.13. The Morgan fingerprint density at radius 3 is 2.32 bits per heavy atom. The fourth-order valence-electron chi connectivity index (χ4n) is 1.94. The van der Waals surface area contributed by atoms with Crippen LogP contribution < -0.4 is 4.72 Å². The van der Waals surface area contributed by atoms with Crippen LogP contribution >= 0.6 is 11.3 Å². The average Bonchev–Trinajstić information content (AvgIpc) is 3.00. The summed E-state index contributed by atoms with van der Waals surface area (Å²) in [5.74, 6) is 0. The Morgan fingerprint density at radius 2 is 1.82 bits per heavy atom. The second-order valence-corrected chi connectivity index (χ2v) is 8.80. The Labute approximate surface area is 135 Å². The van der Waals surface area contributed by atoms with Gasteiger partial charge in [0.05, 0.1) is 5.25 Å². The first-order chi connectivity index (χ1) is 10.2. The molecule has 2 aromatic rings. The first kappa shape index (κ1) is 17.1. The fourth-order valence-corrected chi connectivity index (χ4v) is 3.41. The molecule has 0 aliphatic heterocycles. The van der Waals surface area contributed by atoms with Crippen LogP contribution in [0.5, 0.6) is 0 Å². The molecule has 1 unspecified atom stereocenters. The molecule has 0 amide bonds. The molecule has 0 aliphatic rings. The highest BCUT2D eigenvalue weighted by Gasteiger charge is 2.28. The average molecular weight is 341 g/mol. The van der Waals surface area contributed by atoms with Crippen molar-refractivity contribution in [3.8, 4) is 11.1 Å². The molecule has 3 nitrogen and oxygen atoms in total. The number of sulfonamides is 1. The molecule has 6 heteroatoms. The van der Waals surface area contributed by atoms with E-state index in [1.54, 1.807) is 37.3 Å². The summed E-state index contributed by atoms with van der Waals surface area (Å²) in [6.45, 7) is 4.24. The lowest BCUT2D eigenvalue weighted by atomic mass is 9.96. The van der Waals surface area contributed by atoms with Crippen LogP contribution in [0.25, 0.3) is 11.1 Å². The second-order valence-electron chi connectivity index (χ2n) is 5.70. The highest BCUT2D eigenvalue weighted by Crippen LogP contribution is 2.28. The molecular weight excluding hydrogens is 321 g/mol. The van der Waals surface area contributed by atoms with Crippen molar-refractivity contribution in [2.45, 2.75) is 31.7 Å². The largest absolute Gasteiger partial charge is 0.238 e. The maximum atomic E-state index is 14.8. The van der Waals surface area contributed by atoms with Gasteiger partial charge < -0.3 is 0 Å². The predicted octanol–water partition coefficient (Wildman–Crippen LogP) is 3.93. The Bertz CT molecular complexity index is 705. The van der Waals surface area contributed by atoms with Gasteiger partial charge in [-0.05, 0) is 54.3 Å². The topological polar surface area (TPSA) is 46.2 Å². The van der Waals surface area contributed by atoms with Gasteiger partial charge in [-0.1, -0.05) is 24.3 Å². The van der Waals surface area contributed by atoms with Crippen molar-refractivity contribution in [3.63, 3.8) is 0 Å². The summed E-state index contributed by atoms with van der Waals surface area (Å²) in [7, 11) is -3.47. The van der Waals surface area contributed by atoms with Gasteiger partial charge in [-0.15, -0.1) is 0 Å². The molecule has 2 rings (SSSR count). The summed E-state index contributed by atoms with van der Waals surface area (Å²) in [6, 6.07) is 9.12. The minimum atomic E-state index is -3.47. The molecular formula is C16H20FNO2S2. The van der Waals surface area contributed by atoms with Gasteiger partial charge >= 0.3 is 0 Å². The molecule has 0 aliphatic carbocycles. The zero-order valence-electron chi connectivity index (χ0n) is 12.8. The first-order valence-electron chi connectivity index (χ1n) is 7.03. The van der Waals surface area contributed by atoms with Gasteiger partial charge in [0.2, 0.25) is 10.0 Å². The van der Waals surface area contributed by atoms with Gasteiger partial charge in [-0.25, -0.2) is 17.5 Å². The monoisotopic (exact) mass is 341 g/mol. The lowest BCUT2D eigenvalue weighted by Crippen LogP contribution is -2.39. The zero-order chi connectivity index (χ0) is 16.4. The summed E-state index contributed by atoms with van der Waals surface area (Å²) in [6.07, 6.45) is 0. The minimum absolute atomic E-state index is 0.273. The number of hydrogen-bond donors (Lipinski definition) is 1. The van der Waals surface area contributed by atoms with E-state index in [1.165, 1.54) is 6.92 Å². The fraction of sp³-hybridized carbons (Fsp3) is 0.375. The summed E-state index contributed by atoms with van der Waals surface area (Å²) >= 11 is 1.61. The zero-order valence-corrected chi connectivity index (χ0v) is 14.5. The molecule has 1 aromatic heterocycles. The van der Waals surface area contributed by atoms with E-state index in [1.807, 2.05) is 29.0 Å². The van der Waals surface area contributed by atoms with Crippen LogP contribution in [-0.4, -0.2) is 20.2 Å². The van der Waals surface area contributed by atoms with E-state index in [0.717, 1.165) is 11.1 Å². The maximum absolute atomic E-state index is 14.8. The maximum Gasteiger partial charge on any atom is 0.214 e. The Hall–Kier alpha value is -1.24. The molecule has 22 heavy (non-hydrogen) atoms. The molecule has 1 aromatic carbocycles. The van der Waals surface area contributed by atoms with Gasteiger partial charge in [0, 0.05) is 6.54 Å². The van der Waals surface area contributed by atoms with Gasteiger partial charge in [0.25, 0.3) is 0 Å². The Kier molecular flexibility index (Phi) is 5.04. The van der Waals surface area contributed by atoms with Crippen LogP contribution in [0.1, 0.15) is 26.3 Å². The van der Waals surface area contributed by atoms with Crippen LogP contribution in [-0.2, 0) is 15.7 Å². The number of alkyl halides is 1. The van der Waals surface area contributed by atoms with Crippen LogP contribution in [0.4, 0.5) is 4.39 Å². The normalized spacial score (nSPS) is 15.0. The second kappa shape index (κ2) is 6.48. The smallest absolute Gasteiger partial charge is 0.214 e. The lowest BCUT2D eigenvalue weighted by Gasteiger charge is -2.22. The van der Waals surface area contributed by atoms with Crippen molar-refractivity contribution >= 4 is 21.4 Å². The third-order valence-electron chi connectivity index (χ3n) is 3.57. The molecule has 0 radical (unpaired) electrons. The number of halogens is 1. The van der Waals surface area contributed by atoms with E-state index in [-0.39, 0.29) is 6.54 Å².